The van der Waals surface area contributed by atoms with Crippen molar-refractivity contribution in [1.82, 2.24) is 19.1 Å². The number of nitrogens with zero attached hydrogens (tertiary/aromatic N) is 5. The van der Waals surface area contributed by atoms with E-state index in [0.29, 0.717) is 50.7 Å². The number of thioether (sulfide) groups is 1. The first-order chi connectivity index (χ1) is 16.1. The van der Waals surface area contributed by atoms with Gasteiger partial charge in [-0.15, -0.1) is 10.2 Å². The van der Waals surface area contributed by atoms with Crippen molar-refractivity contribution in [2.45, 2.75) is 29.4 Å². The molecule has 1 fully saturated rings. The Hall–Kier alpha value is -2.71. The molecule has 0 saturated carbocycles. The van der Waals surface area contributed by atoms with Crippen molar-refractivity contribution in [2.24, 2.45) is 0 Å². The van der Waals surface area contributed by atoms with Crippen LogP contribution in [0.4, 0.5) is 0 Å². The summed E-state index contributed by atoms with van der Waals surface area (Å²) in [6.07, 6.45) is 1.26. The molecule has 0 bridgehead atoms. The monoisotopic (exact) mass is 483 g/mol. The first-order valence-electron chi connectivity index (χ1n) is 10.7. The fourth-order valence-corrected chi connectivity index (χ4v) is 5.89. The van der Waals surface area contributed by atoms with Gasteiger partial charge in [-0.25, -0.2) is 8.42 Å². The third-order valence-electron chi connectivity index (χ3n) is 5.26. The van der Waals surface area contributed by atoms with Crippen LogP contribution in [-0.4, -0.2) is 59.5 Å². The van der Waals surface area contributed by atoms with Gasteiger partial charge >= 0.3 is 0 Å². The molecule has 0 atom stereocenters. The van der Waals surface area contributed by atoms with Gasteiger partial charge in [0.05, 0.1) is 30.7 Å². The van der Waals surface area contributed by atoms with Crippen LogP contribution in [0.2, 0.25) is 0 Å². The van der Waals surface area contributed by atoms with Gasteiger partial charge in [0, 0.05) is 30.8 Å². The first-order valence-corrected chi connectivity index (χ1v) is 13.2. The second-order valence-corrected chi connectivity index (χ2v) is 10.5. The Morgan fingerprint density at radius 1 is 1.06 bits per heavy atom. The second kappa shape index (κ2) is 10.9. The highest BCUT2D eigenvalue weighted by atomic mass is 32.2. The Morgan fingerprint density at radius 3 is 2.61 bits per heavy atom. The Labute approximate surface area is 198 Å². The smallest absolute Gasteiger partial charge is 0.243 e. The quantitative estimate of drug-likeness (QED) is 0.339. The van der Waals surface area contributed by atoms with Crippen LogP contribution in [0.25, 0.3) is 11.4 Å². The average molecular weight is 484 g/mol. The van der Waals surface area contributed by atoms with Gasteiger partial charge in [-0.2, -0.15) is 9.57 Å². The van der Waals surface area contributed by atoms with E-state index in [1.165, 1.54) is 4.31 Å². The highest BCUT2D eigenvalue weighted by molar-refractivity contribution is 7.99. The molecule has 0 unspecified atom stereocenters. The van der Waals surface area contributed by atoms with E-state index in [9.17, 15) is 8.42 Å². The lowest BCUT2D eigenvalue weighted by Gasteiger charge is -2.26. The maximum Gasteiger partial charge on any atom is 0.243 e. The lowest BCUT2D eigenvalue weighted by atomic mass is 10.2. The highest BCUT2D eigenvalue weighted by Gasteiger charge is 2.27. The van der Waals surface area contributed by atoms with Crippen molar-refractivity contribution in [3.63, 3.8) is 0 Å². The number of ether oxygens (including phenoxy) is 1. The molecule has 1 aliphatic heterocycles. The lowest BCUT2D eigenvalue weighted by molar-refractivity contribution is 0.0730. The maximum absolute atomic E-state index is 13.2. The van der Waals surface area contributed by atoms with Crippen LogP contribution < -0.4 is 0 Å². The van der Waals surface area contributed by atoms with Crippen molar-refractivity contribution in [2.75, 3.05) is 32.1 Å². The van der Waals surface area contributed by atoms with E-state index >= 15 is 0 Å². The summed E-state index contributed by atoms with van der Waals surface area (Å²) in [6.45, 7) is 2.05. The largest absolute Gasteiger partial charge is 0.379 e. The summed E-state index contributed by atoms with van der Waals surface area (Å²) in [5.74, 6) is 1.37. The molecule has 3 aromatic rings. The topological polar surface area (TPSA) is 101 Å². The molecule has 0 aliphatic carbocycles. The van der Waals surface area contributed by atoms with Crippen LogP contribution in [-0.2, 0) is 21.3 Å². The number of sulfonamides is 1. The van der Waals surface area contributed by atoms with Gasteiger partial charge in [0.2, 0.25) is 10.0 Å². The fourth-order valence-electron chi connectivity index (χ4n) is 3.56. The molecule has 10 heteroatoms. The summed E-state index contributed by atoms with van der Waals surface area (Å²) in [5.41, 5.74) is 1.78. The van der Waals surface area contributed by atoms with E-state index in [1.54, 1.807) is 30.0 Å². The van der Waals surface area contributed by atoms with E-state index in [-0.39, 0.29) is 4.90 Å². The van der Waals surface area contributed by atoms with Crippen molar-refractivity contribution in [1.29, 1.82) is 5.26 Å². The average Bonchev–Trinajstić information content (AvgIpc) is 3.25. The van der Waals surface area contributed by atoms with Crippen LogP contribution in [0.15, 0.2) is 64.6 Å². The molecule has 0 amide bonds. The van der Waals surface area contributed by atoms with Crippen LogP contribution in [0, 0.1) is 11.3 Å². The number of nitriles is 1. The standard InChI is InChI=1S/C23H25N5O3S2/c24-11-4-5-16-32-23-26-25-22(28(23)18-19-7-2-1-3-8-19)20-9-6-10-21(17-20)33(29,30)27-12-14-31-15-13-27/h1-3,6-10,17H,4-5,12-16,18H2. The van der Waals surface area contributed by atoms with Crippen molar-refractivity contribution < 1.29 is 13.2 Å². The van der Waals surface area contributed by atoms with E-state index in [1.807, 2.05) is 41.0 Å². The van der Waals surface area contributed by atoms with Crippen LogP contribution in [0.1, 0.15) is 18.4 Å². The minimum Gasteiger partial charge on any atom is -0.379 e. The number of hydrogen-bond acceptors (Lipinski definition) is 7. The Morgan fingerprint density at radius 2 is 1.85 bits per heavy atom. The number of morpholine rings is 1. The van der Waals surface area contributed by atoms with Gasteiger partial charge in [0.15, 0.2) is 11.0 Å². The van der Waals surface area contributed by atoms with Crippen LogP contribution in [0.5, 0.6) is 0 Å². The van der Waals surface area contributed by atoms with E-state index in [2.05, 4.69) is 16.3 Å². The molecule has 2 aromatic carbocycles. The summed E-state index contributed by atoms with van der Waals surface area (Å²) >= 11 is 1.55. The molecule has 1 aliphatic rings. The van der Waals surface area contributed by atoms with Crippen LogP contribution >= 0.6 is 11.8 Å². The Balaban J connectivity index is 1.67. The van der Waals surface area contributed by atoms with Gasteiger partial charge in [0.25, 0.3) is 0 Å². The number of hydrogen-bond donors (Lipinski definition) is 0. The fraction of sp³-hybridized carbons (Fsp3) is 0.348. The van der Waals surface area contributed by atoms with Crippen molar-refractivity contribution >= 4 is 21.8 Å². The summed E-state index contributed by atoms with van der Waals surface area (Å²) in [5, 5.41) is 18.3. The molecule has 1 saturated heterocycles. The van der Waals surface area contributed by atoms with Gasteiger partial charge in [-0.05, 0) is 24.1 Å². The molecular weight excluding hydrogens is 458 g/mol. The molecule has 0 spiro atoms. The molecule has 33 heavy (non-hydrogen) atoms. The van der Waals surface area contributed by atoms with Crippen molar-refractivity contribution in [3.05, 3.63) is 60.2 Å². The first kappa shape index (κ1) is 23.4. The van der Waals surface area contributed by atoms with Crippen LogP contribution in [0.3, 0.4) is 0 Å². The summed E-state index contributed by atoms with van der Waals surface area (Å²) in [6, 6.07) is 19.0. The van der Waals surface area contributed by atoms with Crippen molar-refractivity contribution in [3.8, 4) is 17.5 Å². The Kier molecular flexibility index (Phi) is 7.77. The minimum atomic E-state index is -3.62. The predicted octanol–water partition coefficient (Wildman–Crippen LogP) is 3.41. The summed E-state index contributed by atoms with van der Waals surface area (Å²) < 4.78 is 35.1. The molecule has 0 radical (unpaired) electrons. The molecule has 0 N–H and O–H groups in total. The van der Waals surface area contributed by atoms with Gasteiger partial charge in [-0.3, -0.25) is 4.57 Å². The zero-order valence-corrected chi connectivity index (χ0v) is 19.8. The molecule has 4 rings (SSSR count). The molecule has 2 heterocycles. The summed E-state index contributed by atoms with van der Waals surface area (Å²) in [7, 11) is -3.62. The highest BCUT2D eigenvalue weighted by Crippen LogP contribution is 2.28. The molecule has 1 aromatic heterocycles. The normalized spacial score (nSPS) is 14.8. The molecule has 172 valence electrons. The third kappa shape index (κ3) is 5.62. The van der Waals surface area contributed by atoms with E-state index in [4.69, 9.17) is 10.00 Å². The molecular formula is C23H25N5O3S2. The zero-order valence-electron chi connectivity index (χ0n) is 18.1. The number of unbranched alkanes of at least 4 members (excludes halogenated alkanes) is 1. The van der Waals surface area contributed by atoms with E-state index < -0.39 is 10.0 Å². The molecule has 8 nitrogen and oxygen atoms in total. The lowest BCUT2D eigenvalue weighted by Crippen LogP contribution is -2.40. The zero-order chi connectivity index (χ0) is 23.1. The SMILES string of the molecule is N#CCCCSc1nnc(-c2cccc(S(=O)(=O)N3CCOCC3)c2)n1Cc1ccccc1. The van der Waals surface area contributed by atoms with E-state index in [0.717, 1.165) is 22.9 Å². The minimum absolute atomic E-state index is 0.236. The van der Waals surface area contributed by atoms with Gasteiger partial charge < -0.3 is 4.74 Å². The number of aromatic nitrogens is 3. The summed E-state index contributed by atoms with van der Waals surface area (Å²) in [4.78, 5) is 0.236. The maximum atomic E-state index is 13.2. The van der Waals surface area contributed by atoms with Gasteiger partial charge in [0.1, 0.15) is 0 Å². The number of benzene rings is 2. The third-order valence-corrected chi connectivity index (χ3v) is 8.21. The Bertz CT molecular complexity index is 1220. The second-order valence-electron chi connectivity index (χ2n) is 7.53. The number of rotatable bonds is 9. The predicted molar refractivity (Wildman–Crippen MR) is 126 cm³/mol. The van der Waals surface area contributed by atoms with Gasteiger partial charge in [-0.1, -0.05) is 54.2 Å².